The van der Waals surface area contributed by atoms with Crippen LogP contribution >= 0.6 is 15.9 Å². The standard InChI is InChI=1S/C14H20BrN3/c1-2-13-17-12(15)10-14(18-13)16-9-8-11-6-4-3-5-7-11/h6,10H,2-5,7-9H2,1H3,(H,16,17,18). The molecule has 4 heteroatoms. The predicted octanol–water partition coefficient (Wildman–Crippen LogP) is 4.10. The zero-order valence-electron chi connectivity index (χ0n) is 10.9. The van der Waals surface area contributed by atoms with E-state index in [-0.39, 0.29) is 0 Å². The lowest BCUT2D eigenvalue weighted by Crippen LogP contribution is -2.07. The molecule has 3 nitrogen and oxygen atoms in total. The molecule has 1 aliphatic rings. The van der Waals surface area contributed by atoms with Crippen molar-refractivity contribution in [3.8, 4) is 0 Å². The summed E-state index contributed by atoms with van der Waals surface area (Å²) in [5.74, 6) is 1.80. The predicted molar refractivity (Wildman–Crippen MR) is 78.8 cm³/mol. The Bertz CT molecular complexity index is 429. The van der Waals surface area contributed by atoms with Crippen LogP contribution in [0.25, 0.3) is 0 Å². The summed E-state index contributed by atoms with van der Waals surface area (Å²) in [4.78, 5) is 8.77. The van der Waals surface area contributed by atoms with Gasteiger partial charge in [-0.05, 0) is 48.0 Å². The summed E-state index contributed by atoms with van der Waals surface area (Å²) in [6.45, 7) is 3.02. The molecule has 1 aliphatic carbocycles. The van der Waals surface area contributed by atoms with Gasteiger partial charge in [0.25, 0.3) is 0 Å². The second kappa shape index (κ2) is 6.88. The summed E-state index contributed by atoms with van der Waals surface area (Å²) >= 11 is 3.42. The van der Waals surface area contributed by atoms with Crippen molar-refractivity contribution in [2.45, 2.75) is 45.4 Å². The van der Waals surface area contributed by atoms with Crippen LogP contribution in [0.2, 0.25) is 0 Å². The highest BCUT2D eigenvalue weighted by Crippen LogP contribution is 2.20. The maximum atomic E-state index is 4.46. The van der Waals surface area contributed by atoms with Gasteiger partial charge < -0.3 is 5.32 Å². The second-order valence-electron chi connectivity index (χ2n) is 4.63. The third-order valence-electron chi connectivity index (χ3n) is 3.19. The summed E-state index contributed by atoms with van der Waals surface area (Å²) in [5.41, 5.74) is 1.59. The van der Waals surface area contributed by atoms with Gasteiger partial charge in [-0.3, -0.25) is 0 Å². The summed E-state index contributed by atoms with van der Waals surface area (Å²) in [6, 6.07) is 1.94. The number of anilines is 1. The van der Waals surface area contributed by atoms with Crippen molar-refractivity contribution >= 4 is 21.7 Å². The van der Waals surface area contributed by atoms with Crippen LogP contribution in [0.15, 0.2) is 22.3 Å². The van der Waals surface area contributed by atoms with Crippen molar-refractivity contribution in [3.63, 3.8) is 0 Å². The van der Waals surface area contributed by atoms with Crippen molar-refractivity contribution in [1.82, 2.24) is 9.97 Å². The molecule has 1 aromatic rings. The van der Waals surface area contributed by atoms with Gasteiger partial charge >= 0.3 is 0 Å². The van der Waals surface area contributed by atoms with Crippen molar-refractivity contribution in [3.05, 3.63) is 28.1 Å². The van der Waals surface area contributed by atoms with Gasteiger partial charge in [-0.2, -0.15) is 0 Å². The quantitative estimate of drug-likeness (QED) is 0.657. The van der Waals surface area contributed by atoms with E-state index in [1.54, 1.807) is 5.57 Å². The molecule has 0 spiro atoms. The molecule has 0 saturated carbocycles. The molecule has 0 aliphatic heterocycles. The van der Waals surface area contributed by atoms with Crippen LogP contribution < -0.4 is 5.32 Å². The first kappa shape index (κ1) is 13.5. The Morgan fingerprint density at radius 1 is 1.33 bits per heavy atom. The molecule has 0 unspecified atom stereocenters. The number of hydrogen-bond donors (Lipinski definition) is 1. The number of nitrogens with one attached hydrogen (secondary N) is 1. The van der Waals surface area contributed by atoms with E-state index >= 15 is 0 Å². The van der Waals surface area contributed by atoms with Crippen molar-refractivity contribution in [2.24, 2.45) is 0 Å². The molecule has 98 valence electrons. The lowest BCUT2D eigenvalue weighted by Gasteiger charge is -2.13. The molecule has 1 heterocycles. The molecular formula is C14H20BrN3. The number of aryl methyl sites for hydroxylation is 1. The molecule has 0 radical (unpaired) electrons. The molecule has 18 heavy (non-hydrogen) atoms. The Balaban J connectivity index is 1.86. The SMILES string of the molecule is CCc1nc(Br)cc(NCCC2=CCCCC2)n1. The van der Waals surface area contributed by atoms with Crippen LogP contribution in [-0.2, 0) is 6.42 Å². The highest BCUT2D eigenvalue weighted by atomic mass is 79.9. The fraction of sp³-hybridized carbons (Fsp3) is 0.571. The maximum absolute atomic E-state index is 4.46. The number of aromatic nitrogens is 2. The topological polar surface area (TPSA) is 37.8 Å². The first-order chi connectivity index (χ1) is 8.78. The molecule has 1 N–H and O–H groups in total. The molecule has 0 atom stereocenters. The van der Waals surface area contributed by atoms with Gasteiger partial charge in [0.15, 0.2) is 0 Å². The zero-order chi connectivity index (χ0) is 12.8. The monoisotopic (exact) mass is 309 g/mol. The number of rotatable bonds is 5. The van der Waals surface area contributed by atoms with E-state index in [9.17, 15) is 0 Å². The Hall–Kier alpha value is -0.900. The molecule has 0 amide bonds. The van der Waals surface area contributed by atoms with Crippen LogP contribution in [-0.4, -0.2) is 16.5 Å². The highest BCUT2D eigenvalue weighted by molar-refractivity contribution is 9.10. The lowest BCUT2D eigenvalue weighted by molar-refractivity contribution is 0.679. The summed E-state index contributed by atoms with van der Waals surface area (Å²) in [6.07, 6.45) is 9.63. The third-order valence-corrected chi connectivity index (χ3v) is 3.60. The Morgan fingerprint density at radius 2 is 2.22 bits per heavy atom. The van der Waals surface area contributed by atoms with Gasteiger partial charge in [0.05, 0.1) is 0 Å². The van der Waals surface area contributed by atoms with Crippen molar-refractivity contribution in [2.75, 3.05) is 11.9 Å². The zero-order valence-corrected chi connectivity index (χ0v) is 12.5. The Kier molecular flexibility index (Phi) is 5.17. The smallest absolute Gasteiger partial charge is 0.131 e. The average molecular weight is 310 g/mol. The largest absolute Gasteiger partial charge is 0.370 e. The van der Waals surface area contributed by atoms with E-state index in [0.29, 0.717) is 0 Å². The van der Waals surface area contributed by atoms with E-state index in [2.05, 4.69) is 44.2 Å². The summed E-state index contributed by atoms with van der Waals surface area (Å²) in [5, 5.41) is 3.39. The Morgan fingerprint density at radius 3 is 2.94 bits per heavy atom. The fourth-order valence-corrected chi connectivity index (χ4v) is 2.62. The second-order valence-corrected chi connectivity index (χ2v) is 5.44. The molecule has 1 aromatic heterocycles. The Labute approximate surface area is 117 Å². The van der Waals surface area contributed by atoms with Crippen LogP contribution in [0.5, 0.6) is 0 Å². The van der Waals surface area contributed by atoms with Gasteiger partial charge in [-0.15, -0.1) is 0 Å². The normalized spacial score (nSPS) is 15.3. The van der Waals surface area contributed by atoms with E-state index in [0.717, 1.165) is 35.6 Å². The third kappa shape index (κ3) is 4.09. The number of halogens is 1. The first-order valence-corrected chi connectivity index (χ1v) is 7.52. The minimum atomic E-state index is 0.855. The maximum Gasteiger partial charge on any atom is 0.131 e. The summed E-state index contributed by atoms with van der Waals surface area (Å²) in [7, 11) is 0. The molecule has 0 fully saturated rings. The van der Waals surface area contributed by atoms with Crippen LogP contribution in [0.3, 0.4) is 0 Å². The van der Waals surface area contributed by atoms with E-state index < -0.39 is 0 Å². The average Bonchev–Trinajstić information content (AvgIpc) is 2.39. The van der Waals surface area contributed by atoms with Crippen molar-refractivity contribution < 1.29 is 0 Å². The van der Waals surface area contributed by atoms with Gasteiger partial charge in [0.1, 0.15) is 16.2 Å². The first-order valence-electron chi connectivity index (χ1n) is 6.73. The van der Waals surface area contributed by atoms with Gasteiger partial charge in [0.2, 0.25) is 0 Å². The van der Waals surface area contributed by atoms with Crippen LogP contribution in [0, 0.1) is 0 Å². The van der Waals surface area contributed by atoms with E-state index in [1.165, 1.54) is 25.7 Å². The van der Waals surface area contributed by atoms with Crippen molar-refractivity contribution in [1.29, 1.82) is 0 Å². The fourth-order valence-electron chi connectivity index (χ4n) is 2.20. The van der Waals surface area contributed by atoms with Crippen LogP contribution in [0.4, 0.5) is 5.82 Å². The molecule has 0 saturated heterocycles. The van der Waals surface area contributed by atoms with E-state index in [4.69, 9.17) is 0 Å². The van der Waals surface area contributed by atoms with Crippen LogP contribution in [0.1, 0.15) is 44.9 Å². The minimum absolute atomic E-state index is 0.855. The molecule has 2 rings (SSSR count). The minimum Gasteiger partial charge on any atom is -0.370 e. The van der Waals surface area contributed by atoms with Gasteiger partial charge in [-0.25, -0.2) is 9.97 Å². The lowest BCUT2D eigenvalue weighted by atomic mass is 9.97. The number of allylic oxidation sites excluding steroid dienone is 1. The van der Waals surface area contributed by atoms with Gasteiger partial charge in [0, 0.05) is 19.0 Å². The number of hydrogen-bond acceptors (Lipinski definition) is 3. The molecular weight excluding hydrogens is 290 g/mol. The van der Waals surface area contributed by atoms with Gasteiger partial charge in [-0.1, -0.05) is 18.6 Å². The molecule has 0 aromatic carbocycles. The number of nitrogens with zero attached hydrogens (tertiary/aromatic N) is 2. The summed E-state index contributed by atoms with van der Waals surface area (Å²) < 4.78 is 0.855. The highest BCUT2D eigenvalue weighted by Gasteiger charge is 2.04. The molecule has 0 bridgehead atoms. The van der Waals surface area contributed by atoms with E-state index in [1.807, 2.05) is 6.07 Å².